The average Bonchev–Trinajstić information content (AvgIpc) is 2.56. The summed E-state index contributed by atoms with van der Waals surface area (Å²) in [5.74, 6) is -0.424. The van der Waals surface area contributed by atoms with Crippen LogP contribution in [0.4, 0.5) is 10.1 Å². The van der Waals surface area contributed by atoms with Crippen molar-refractivity contribution in [1.82, 2.24) is 10.2 Å². The molecule has 4 nitrogen and oxygen atoms in total. The van der Waals surface area contributed by atoms with Crippen LogP contribution >= 0.6 is 0 Å². The molecule has 0 spiro atoms. The van der Waals surface area contributed by atoms with Crippen molar-refractivity contribution in [3.63, 3.8) is 0 Å². The smallest absolute Gasteiger partial charge is 0.152 e. The van der Waals surface area contributed by atoms with Gasteiger partial charge >= 0.3 is 0 Å². The summed E-state index contributed by atoms with van der Waals surface area (Å²) in [5.41, 5.74) is 1.02. The van der Waals surface area contributed by atoms with Crippen LogP contribution in [0.3, 0.4) is 0 Å². The Hall–Kier alpha value is -1.46. The van der Waals surface area contributed by atoms with Gasteiger partial charge in [-0.05, 0) is 31.0 Å². The fourth-order valence-electron chi connectivity index (χ4n) is 3.34. The van der Waals surface area contributed by atoms with E-state index in [1.165, 1.54) is 6.07 Å². The number of piperidine rings is 1. The van der Waals surface area contributed by atoms with E-state index in [0.29, 0.717) is 12.3 Å². The minimum atomic E-state index is -0.424. The number of anilines is 1. The van der Waals surface area contributed by atoms with Crippen LogP contribution in [0.2, 0.25) is 0 Å². The third-order valence-electron chi connectivity index (χ3n) is 4.61. The van der Waals surface area contributed by atoms with Gasteiger partial charge in [0.1, 0.15) is 5.82 Å². The molecule has 0 amide bonds. The first kappa shape index (κ1) is 14.5. The second-order valence-electron chi connectivity index (χ2n) is 5.83. The van der Waals surface area contributed by atoms with Crippen molar-refractivity contribution >= 4 is 12.0 Å². The lowest BCUT2D eigenvalue weighted by Gasteiger charge is -2.41. The molecule has 1 aromatic carbocycles. The lowest BCUT2D eigenvalue weighted by Crippen LogP contribution is -2.52. The van der Waals surface area contributed by atoms with E-state index in [0.717, 1.165) is 57.8 Å². The van der Waals surface area contributed by atoms with Crippen molar-refractivity contribution in [2.75, 3.05) is 44.2 Å². The van der Waals surface area contributed by atoms with E-state index in [-0.39, 0.29) is 5.56 Å². The Kier molecular flexibility index (Phi) is 4.51. The number of carbonyl (C=O) groups is 1. The van der Waals surface area contributed by atoms with Crippen molar-refractivity contribution in [2.45, 2.75) is 18.9 Å². The van der Waals surface area contributed by atoms with E-state index >= 15 is 0 Å². The van der Waals surface area contributed by atoms with Gasteiger partial charge in [-0.3, -0.25) is 9.69 Å². The van der Waals surface area contributed by atoms with Crippen LogP contribution in [0.1, 0.15) is 23.2 Å². The topological polar surface area (TPSA) is 35.6 Å². The molecule has 5 heteroatoms. The van der Waals surface area contributed by atoms with Crippen molar-refractivity contribution in [1.29, 1.82) is 0 Å². The zero-order valence-electron chi connectivity index (χ0n) is 12.2. The minimum absolute atomic E-state index is 0.134. The molecule has 0 saturated carbocycles. The van der Waals surface area contributed by atoms with Crippen LogP contribution in [0, 0.1) is 5.82 Å². The maximum Gasteiger partial charge on any atom is 0.152 e. The first-order valence-electron chi connectivity index (χ1n) is 7.72. The number of nitrogens with zero attached hydrogens (tertiary/aromatic N) is 2. The molecule has 0 radical (unpaired) electrons. The number of halogens is 1. The SMILES string of the molecule is O=Cc1ccc(N2CCC(N3CCNCC3)CC2)cc1F. The van der Waals surface area contributed by atoms with E-state index in [1.54, 1.807) is 6.07 Å². The number of nitrogens with one attached hydrogen (secondary N) is 1. The Balaban J connectivity index is 1.60. The van der Waals surface area contributed by atoms with Crippen molar-refractivity contribution in [2.24, 2.45) is 0 Å². The van der Waals surface area contributed by atoms with E-state index in [2.05, 4.69) is 15.1 Å². The highest BCUT2D eigenvalue weighted by atomic mass is 19.1. The highest BCUT2D eigenvalue weighted by Gasteiger charge is 2.25. The van der Waals surface area contributed by atoms with Crippen molar-refractivity contribution in [3.8, 4) is 0 Å². The predicted molar refractivity (Wildman–Crippen MR) is 81.5 cm³/mol. The van der Waals surface area contributed by atoms with E-state index in [4.69, 9.17) is 0 Å². The third kappa shape index (κ3) is 3.24. The van der Waals surface area contributed by atoms with E-state index in [1.807, 2.05) is 6.07 Å². The summed E-state index contributed by atoms with van der Waals surface area (Å²) in [4.78, 5) is 15.5. The maximum atomic E-state index is 13.7. The summed E-state index contributed by atoms with van der Waals surface area (Å²) in [6.07, 6.45) is 2.81. The number of hydrogen-bond donors (Lipinski definition) is 1. The van der Waals surface area contributed by atoms with Gasteiger partial charge in [0.25, 0.3) is 0 Å². The average molecular weight is 291 g/mol. The monoisotopic (exact) mass is 291 g/mol. The lowest BCUT2D eigenvalue weighted by molar-refractivity contribution is 0.112. The van der Waals surface area contributed by atoms with Crippen LogP contribution < -0.4 is 10.2 Å². The molecule has 0 aliphatic carbocycles. The number of piperazine rings is 1. The van der Waals surface area contributed by atoms with Crippen molar-refractivity contribution in [3.05, 3.63) is 29.6 Å². The van der Waals surface area contributed by atoms with Gasteiger partial charge in [-0.1, -0.05) is 0 Å². The summed E-state index contributed by atoms with van der Waals surface area (Å²) in [7, 11) is 0. The normalized spacial score (nSPS) is 21.5. The molecular weight excluding hydrogens is 269 g/mol. The fourth-order valence-corrected chi connectivity index (χ4v) is 3.34. The minimum Gasteiger partial charge on any atom is -0.371 e. The summed E-state index contributed by atoms with van der Waals surface area (Å²) in [6.45, 7) is 6.33. The van der Waals surface area contributed by atoms with Gasteiger partial charge in [0.05, 0.1) is 5.56 Å². The fraction of sp³-hybridized carbons (Fsp3) is 0.562. The molecule has 2 saturated heterocycles. The third-order valence-corrected chi connectivity index (χ3v) is 4.61. The van der Waals surface area contributed by atoms with Crippen molar-refractivity contribution < 1.29 is 9.18 Å². The lowest BCUT2D eigenvalue weighted by atomic mass is 10.0. The quantitative estimate of drug-likeness (QED) is 0.856. The molecule has 114 valence electrons. The second kappa shape index (κ2) is 6.54. The van der Waals surface area contributed by atoms with E-state index in [9.17, 15) is 9.18 Å². The van der Waals surface area contributed by atoms with Crippen LogP contribution in [0.15, 0.2) is 18.2 Å². The van der Waals surface area contributed by atoms with Gasteiger partial charge in [0.15, 0.2) is 6.29 Å². The molecule has 2 aliphatic heterocycles. The highest BCUT2D eigenvalue weighted by Crippen LogP contribution is 2.24. The predicted octanol–water partition coefficient (Wildman–Crippen LogP) is 1.51. The van der Waals surface area contributed by atoms with E-state index < -0.39 is 5.82 Å². The zero-order chi connectivity index (χ0) is 14.7. The molecule has 2 heterocycles. The molecule has 0 aromatic heterocycles. The number of aldehydes is 1. The Morgan fingerprint density at radius 2 is 1.86 bits per heavy atom. The summed E-state index contributed by atoms with van der Waals surface area (Å²) >= 11 is 0. The molecule has 2 aliphatic rings. The molecule has 0 bridgehead atoms. The first-order valence-corrected chi connectivity index (χ1v) is 7.72. The number of rotatable bonds is 3. The van der Waals surface area contributed by atoms with Gasteiger partial charge < -0.3 is 10.2 Å². The standard InChI is InChI=1S/C16H22FN3O/c17-16-11-15(2-1-13(16)12-21)19-7-3-14(4-8-19)20-9-5-18-6-10-20/h1-2,11-12,14,18H,3-10H2. The Morgan fingerprint density at radius 1 is 1.14 bits per heavy atom. The molecule has 0 unspecified atom stereocenters. The Bertz CT molecular complexity index is 494. The Labute approximate surface area is 124 Å². The molecule has 3 rings (SSSR count). The van der Waals surface area contributed by atoms with Gasteiger partial charge in [0.2, 0.25) is 0 Å². The summed E-state index contributed by atoms with van der Waals surface area (Å²) in [5, 5.41) is 3.38. The number of hydrogen-bond acceptors (Lipinski definition) is 4. The van der Waals surface area contributed by atoms with Crippen LogP contribution in [0.5, 0.6) is 0 Å². The molecule has 0 atom stereocenters. The first-order chi connectivity index (χ1) is 10.3. The molecule has 1 N–H and O–H groups in total. The summed E-state index contributed by atoms with van der Waals surface area (Å²) in [6, 6.07) is 5.55. The highest BCUT2D eigenvalue weighted by molar-refractivity contribution is 5.76. The molecule has 21 heavy (non-hydrogen) atoms. The number of carbonyl (C=O) groups excluding carboxylic acids is 1. The molecular formula is C16H22FN3O. The molecule has 1 aromatic rings. The Morgan fingerprint density at radius 3 is 2.48 bits per heavy atom. The molecule has 2 fully saturated rings. The van der Waals surface area contributed by atoms with Crippen LogP contribution in [-0.4, -0.2) is 56.5 Å². The van der Waals surface area contributed by atoms with Crippen LogP contribution in [0.25, 0.3) is 0 Å². The van der Waals surface area contributed by atoms with Crippen LogP contribution in [-0.2, 0) is 0 Å². The van der Waals surface area contributed by atoms with Gasteiger partial charge in [-0.15, -0.1) is 0 Å². The zero-order valence-corrected chi connectivity index (χ0v) is 12.2. The maximum absolute atomic E-state index is 13.7. The van der Waals surface area contributed by atoms with Gasteiger partial charge in [-0.25, -0.2) is 4.39 Å². The van der Waals surface area contributed by atoms with Gasteiger partial charge in [-0.2, -0.15) is 0 Å². The van der Waals surface area contributed by atoms with Gasteiger partial charge in [0, 0.05) is 51.0 Å². The second-order valence-corrected chi connectivity index (χ2v) is 5.83. The number of benzene rings is 1. The summed E-state index contributed by atoms with van der Waals surface area (Å²) < 4.78 is 13.7. The largest absolute Gasteiger partial charge is 0.371 e.